The SMILES string of the molecule is CC(C)Oc1ncc(-c2nnc(-c3cc(F)c(OC[C@H](N)CO)cc3Cl)s2)cc1Cl.Cl. The Morgan fingerprint density at radius 2 is 1.87 bits per heavy atom. The van der Waals surface area contributed by atoms with Gasteiger partial charge in [0.15, 0.2) is 11.6 Å². The summed E-state index contributed by atoms with van der Waals surface area (Å²) in [7, 11) is 0. The summed E-state index contributed by atoms with van der Waals surface area (Å²) < 4.78 is 25.2. The highest BCUT2D eigenvalue weighted by Gasteiger charge is 2.17. The second kappa shape index (κ2) is 11.2. The number of aliphatic hydroxyl groups excluding tert-OH is 1. The van der Waals surface area contributed by atoms with Gasteiger partial charge in [-0.25, -0.2) is 9.37 Å². The van der Waals surface area contributed by atoms with E-state index in [2.05, 4.69) is 15.2 Å². The Morgan fingerprint density at radius 3 is 2.52 bits per heavy atom. The van der Waals surface area contributed by atoms with Crippen LogP contribution in [-0.2, 0) is 0 Å². The number of aliphatic hydroxyl groups is 1. The number of pyridine rings is 1. The first kappa shape index (κ1) is 25.5. The van der Waals surface area contributed by atoms with Gasteiger partial charge in [0.2, 0.25) is 5.88 Å². The van der Waals surface area contributed by atoms with Crippen molar-refractivity contribution >= 4 is 46.9 Å². The second-order valence-electron chi connectivity index (χ2n) is 6.61. The Kier molecular flexibility index (Phi) is 9.23. The largest absolute Gasteiger partial charge is 0.489 e. The van der Waals surface area contributed by atoms with Crippen LogP contribution in [-0.4, -0.2) is 45.6 Å². The number of halogens is 4. The zero-order valence-corrected chi connectivity index (χ0v) is 19.7. The van der Waals surface area contributed by atoms with Crippen LogP contribution in [0.1, 0.15) is 13.8 Å². The second-order valence-corrected chi connectivity index (χ2v) is 8.40. The van der Waals surface area contributed by atoms with Crippen molar-refractivity contribution in [2.75, 3.05) is 13.2 Å². The number of hydrogen-bond acceptors (Lipinski definition) is 8. The van der Waals surface area contributed by atoms with Crippen LogP contribution in [0, 0.1) is 5.82 Å². The Labute approximate surface area is 198 Å². The van der Waals surface area contributed by atoms with E-state index in [4.69, 9.17) is 43.5 Å². The lowest BCUT2D eigenvalue weighted by Crippen LogP contribution is -2.31. The Balaban J connectivity index is 0.00000341. The molecule has 0 unspecified atom stereocenters. The number of hydrogen-bond donors (Lipinski definition) is 2. The summed E-state index contributed by atoms with van der Waals surface area (Å²) in [5, 5.41) is 18.7. The number of benzene rings is 1. The molecule has 7 nitrogen and oxygen atoms in total. The molecule has 0 bridgehead atoms. The lowest BCUT2D eigenvalue weighted by molar-refractivity contribution is 0.202. The Bertz CT molecular complexity index is 1040. The first-order valence-electron chi connectivity index (χ1n) is 8.93. The van der Waals surface area contributed by atoms with Gasteiger partial charge in [-0.3, -0.25) is 0 Å². The molecule has 0 radical (unpaired) electrons. The summed E-state index contributed by atoms with van der Waals surface area (Å²) in [5.74, 6) is -0.355. The van der Waals surface area contributed by atoms with Crippen molar-refractivity contribution in [2.24, 2.45) is 5.73 Å². The highest BCUT2D eigenvalue weighted by atomic mass is 35.5. The molecule has 0 aliphatic carbocycles. The Hall–Kier alpha value is -1.75. The van der Waals surface area contributed by atoms with E-state index in [-0.39, 0.29) is 42.5 Å². The minimum atomic E-state index is -0.629. The first-order chi connectivity index (χ1) is 14.3. The van der Waals surface area contributed by atoms with Gasteiger partial charge in [-0.05, 0) is 26.0 Å². The van der Waals surface area contributed by atoms with Gasteiger partial charge in [0, 0.05) is 23.4 Å². The fraction of sp³-hybridized carbons (Fsp3) is 0.316. The molecule has 0 spiro atoms. The molecule has 3 aromatic rings. The van der Waals surface area contributed by atoms with Gasteiger partial charge in [-0.1, -0.05) is 34.5 Å². The van der Waals surface area contributed by atoms with Crippen LogP contribution in [0.2, 0.25) is 10.0 Å². The van der Waals surface area contributed by atoms with Crippen LogP contribution in [0.15, 0.2) is 24.4 Å². The average molecular weight is 510 g/mol. The van der Waals surface area contributed by atoms with E-state index in [1.54, 1.807) is 12.3 Å². The number of nitrogens with zero attached hydrogens (tertiary/aromatic N) is 3. The van der Waals surface area contributed by atoms with Gasteiger partial charge in [0.1, 0.15) is 21.6 Å². The van der Waals surface area contributed by atoms with Crippen molar-refractivity contribution < 1.29 is 19.0 Å². The van der Waals surface area contributed by atoms with Crippen molar-refractivity contribution in [3.05, 3.63) is 40.3 Å². The molecule has 0 amide bonds. The molecule has 1 aromatic carbocycles. The molecule has 0 aliphatic heterocycles. The van der Waals surface area contributed by atoms with Crippen molar-refractivity contribution in [3.8, 4) is 32.8 Å². The highest BCUT2D eigenvalue weighted by molar-refractivity contribution is 7.18. The first-order valence-corrected chi connectivity index (χ1v) is 10.5. The molecule has 168 valence electrons. The third-order valence-corrected chi connectivity index (χ3v) is 5.36. The van der Waals surface area contributed by atoms with Gasteiger partial charge in [0.25, 0.3) is 0 Å². The fourth-order valence-electron chi connectivity index (χ4n) is 2.35. The summed E-state index contributed by atoms with van der Waals surface area (Å²) >= 11 is 13.7. The van der Waals surface area contributed by atoms with E-state index in [1.807, 2.05) is 13.8 Å². The topological polar surface area (TPSA) is 103 Å². The summed E-state index contributed by atoms with van der Waals surface area (Å²) in [6, 6.07) is 3.62. The summed E-state index contributed by atoms with van der Waals surface area (Å²) in [6.45, 7) is 3.44. The molecule has 3 rings (SSSR count). The van der Waals surface area contributed by atoms with Gasteiger partial charge >= 0.3 is 0 Å². The third kappa shape index (κ3) is 6.38. The molecule has 31 heavy (non-hydrogen) atoms. The van der Waals surface area contributed by atoms with E-state index in [0.717, 1.165) is 0 Å². The molecule has 1 atom stereocenters. The zero-order chi connectivity index (χ0) is 21.8. The molecule has 0 saturated heterocycles. The maximum absolute atomic E-state index is 14.4. The van der Waals surface area contributed by atoms with Crippen molar-refractivity contribution in [1.82, 2.24) is 15.2 Å². The minimum Gasteiger partial charge on any atom is -0.489 e. The number of nitrogens with two attached hydrogens (primary N) is 1. The van der Waals surface area contributed by atoms with Gasteiger partial charge in [-0.15, -0.1) is 22.6 Å². The fourth-order valence-corrected chi connectivity index (χ4v) is 3.72. The average Bonchev–Trinajstić information content (AvgIpc) is 3.19. The maximum Gasteiger partial charge on any atom is 0.232 e. The summed E-state index contributed by atoms with van der Waals surface area (Å²) in [6.07, 6.45) is 1.52. The predicted molar refractivity (Wildman–Crippen MR) is 122 cm³/mol. The van der Waals surface area contributed by atoms with Crippen molar-refractivity contribution in [3.63, 3.8) is 0 Å². The molecule has 0 saturated carbocycles. The monoisotopic (exact) mass is 508 g/mol. The van der Waals surface area contributed by atoms with Crippen molar-refractivity contribution in [1.29, 1.82) is 0 Å². The molecule has 3 N–H and O–H groups in total. The highest BCUT2D eigenvalue weighted by Crippen LogP contribution is 2.38. The normalized spacial score (nSPS) is 11.9. The van der Waals surface area contributed by atoms with E-state index in [9.17, 15) is 4.39 Å². The van der Waals surface area contributed by atoms with Gasteiger partial charge in [-0.2, -0.15) is 0 Å². The molecular weight excluding hydrogens is 490 g/mol. The van der Waals surface area contributed by atoms with Crippen LogP contribution in [0.25, 0.3) is 21.1 Å². The van der Waals surface area contributed by atoms with Crippen LogP contribution in [0.4, 0.5) is 4.39 Å². The molecule has 12 heteroatoms. The number of aromatic nitrogens is 3. The molecule has 2 aromatic heterocycles. The molecule has 0 fully saturated rings. The van der Waals surface area contributed by atoms with Gasteiger partial charge < -0.3 is 20.3 Å². The maximum atomic E-state index is 14.4. The van der Waals surface area contributed by atoms with Gasteiger partial charge in [0.05, 0.1) is 23.8 Å². The lowest BCUT2D eigenvalue weighted by Gasteiger charge is -2.12. The van der Waals surface area contributed by atoms with E-state index in [0.29, 0.717) is 32.0 Å². The minimum absolute atomic E-state index is 0. The summed E-state index contributed by atoms with van der Waals surface area (Å²) in [4.78, 5) is 4.22. The molecule has 2 heterocycles. The lowest BCUT2D eigenvalue weighted by atomic mass is 10.2. The smallest absolute Gasteiger partial charge is 0.232 e. The quantitative estimate of drug-likeness (QED) is 0.456. The summed E-state index contributed by atoms with van der Waals surface area (Å²) in [5.41, 5.74) is 6.58. The van der Waals surface area contributed by atoms with Crippen LogP contribution in [0.5, 0.6) is 11.6 Å². The van der Waals surface area contributed by atoms with Crippen LogP contribution < -0.4 is 15.2 Å². The molecule has 0 aliphatic rings. The Morgan fingerprint density at radius 1 is 1.16 bits per heavy atom. The molecular formula is C19H20Cl3FN4O3S. The third-order valence-electron chi connectivity index (χ3n) is 3.77. The standard InChI is InChI=1S/C19H19Cl2FN4O3S.ClH/c1-9(2)29-17-14(21)3-10(6-24-17)18-25-26-19(30-18)12-4-15(22)16(5-13(12)20)28-8-11(23)7-27;/h3-6,9,11,27H,7-8,23H2,1-2H3;1H/t11-;/m1./s1. The van der Waals surface area contributed by atoms with Crippen molar-refractivity contribution in [2.45, 2.75) is 26.0 Å². The number of ether oxygens (including phenoxy) is 2. The van der Waals surface area contributed by atoms with Crippen LogP contribution in [0.3, 0.4) is 0 Å². The predicted octanol–water partition coefficient (Wildman–Crippen LogP) is 4.62. The number of rotatable bonds is 8. The zero-order valence-electron chi connectivity index (χ0n) is 16.5. The van der Waals surface area contributed by atoms with E-state index >= 15 is 0 Å². The van der Waals surface area contributed by atoms with Crippen LogP contribution >= 0.6 is 46.9 Å². The van der Waals surface area contributed by atoms with E-state index < -0.39 is 11.9 Å². The van der Waals surface area contributed by atoms with E-state index in [1.165, 1.54) is 23.5 Å².